The highest BCUT2D eigenvalue weighted by Gasteiger charge is 2.21. The minimum atomic E-state index is 0.705. The van der Waals surface area contributed by atoms with Gasteiger partial charge in [-0.3, -0.25) is 4.68 Å². The molecule has 0 bridgehead atoms. The first-order valence-electron chi connectivity index (χ1n) is 11.0. The molecule has 1 heterocycles. The van der Waals surface area contributed by atoms with Crippen LogP contribution < -0.4 is 9.47 Å². The van der Waals surface area contributed by atoms with Gasteiger partial charge in [-0.1, -0.05) is 55.0 Å². The van der Waals surface area contributed by atoms with Crippen LogP contribution in [-0.4, -0.2) is 24.0 Å². The van der Waals surface area contributed by atoms with E-state index < -0.39 is 0 Å². The predicted octanol–water partition coefficient (Wildman–Crippen LogP) is 6.46. The van der Waals surface area contributed by atoms with Gasteiger partial charge in [0.05, 0.1) is 32.2 Å². The number of methoxy groups -OCH3 is 2. The number of ether oxygens (including phenoxy) is 2. The number of rotatable bonds is 7. The minimum Gasteiger partial charge on any atom is -0.497 e. The minimum absolute atomic E-state index is 0.705. The van der Waals surface area contributed by atoms with Gasteiger partial charge in [0, 0.05) is 16.7 Å². The largest absolute Gasteiger partial charge is 0.497 e. The molecular weight excluding hydrogens is 396 g/mol. The van der Waals surface area contributed by atoms with E-state index in [0.717, 1.165) is 40.4 Å². The van der Waals surface area contributed by atoms with Crippen LogP contribution in [0, 0.1) is 13.8 Å². The summed E-state index contributed by atoms with van der Waals surface area (Å²) in [5, 5.41) is 5.14. The molecule has 4 heteroatoms. The van der Waals surface area contributed by atoms with Crippen LogP contribution >= 0.6 is 0 Å². The molecule has 0 saturated carbocycles. The maximum Gasteiger partial charge on any atom is 0.119 e. The van der Waals surface area contributed by atoms with Gasteiger partial charge in [0.2, 0.25) is 0 Å². The summed E-state index contributed by atoms with van der Waals surface area (Å²) in [5.74, 6) is 1.67. The molecule has 0 aliphatic carbocycles. The van der Waals surface area contributed by atoms with Gasteiger partial charge in [-0.15, -0.1) is 0 Å². The lowest BCUT2D eigenvalue weighted by Crippen LogP contribution is -2.06. The third-order valence-corrected chi connectivity index (χ3v) is 5.92. The summed E-state index contributed by atoms with van der Waals surface area (Å²) in [6.45, 7) is 7.19. The Hall–Kier alpha value is -3.53. The molecule has 0 radical (unpaired) electrons. The van der Waals surface area contributed by atoms with Crippen LogP contribution in [0.15, 0.2) is 66.7 Å². The predicted molar refractivity (Wildman–Crippen MR) is 131 cm³/mol. The summed E-state index contributed by atoms with van der Waals surface area (Å²) in [7, 11) is 3.40. The van der Waals surface area contributed by atoms with Crippen LogP contribution in [0.25, 0.3) is 22.5 Å². The van der Waals surface area contributed by atoms with Gasteiger partial charge in [0.15, 0.2) is 0 Å². The molecule has 32 heavy (non-hydrogen) atoms. The van der Waals surface area contributed by atoms with E-state index in [1.54, 1.807) is 14.2 Å². The van der Waals surface area contributed by atoms with E-state index in [1.807, 2.05) is 24.3 Å². The lowest BCUT2D eigenvalue weighted by Gasteiger charge is -2.13. The fourth-order valence-electron chi connectivity index (χ4n) is 4.18. The Balaban J connectivity index is 1.94. The van der Waals surface area contributed by atoms with Crippen LogP contribution in [0.4, 0.5) is 0 Å². The van der Waals surface area contributed by atoms with Gasteiger partial charge in [-0.25, -0.2) is 0 Å². The number of benzene rings is 3. The van der Waals surface area contributed by atoms with Crippen LogP contribution in [0.5, 0.6) is 11.5 Å². The number of nitrogens with zero attached hydrogens (tertiary/aromatic N) is 2. The van der Waals surface area contributed by atoms with Gasteiger partial charge < -0.3 is 9.47 Å². The van der Waals surface area contributed by atoms with E-state index in [4.69, 9.17) is 14.6 Å². The first-order valence-corrected chi connectivity index (χ1v) is 11.0. The molecule has 0 amide bonds. The van der Waals surface area contributed by atoms with Gasteiger partial charge in [0.1, 0.15) is 11.5 Å². The third kappa shape index (κ3) is 4.26. The highest BCUT2D eigenvalue weighted by molar-refractivity contribution is 5.76. The Kier molecular flexibility index (Phi) is 6.31. The molecule has 4 rings (SSSR count). The summed E-state index contributed by atoms with van der Waals surface area (Å²) in [5.41, 5.74) is 9.30. The maximum absolute atomic E-state index is 5.52. The summed E-state index contributed by atoms with van der Waals surface area (Å²) < 4.78 is 13.1. The molecule has 0 unspecified atom stereocenters. The van der Waals surface area contributed by atoms with Crippen molar-refractivity contribution in [3.63, 3.8) is 0 Å². The third-order valence-electron chi connectivity index (χ3n) is 5.92. The Morgan fingerprint density at radius 1 is 0.812 bits per heavy atom. The Morgan fingerprint density at radius 3 is 2.12 bits per heavy atom. The van der Waals surface area contributed by atoms with E-state index in [1.165, 1.54) is 22.3 Å². The Morgan fingerprint density at radius 2 is 1.47 bits per heavy atom. The molecule has 3 aromatic carbocycles. The van der Waals surface area contributed by atoms with E-state index in [9.17, 15) is 0 Å². The van der Waals surface area contributed by atoms with Crippen molar-refractivity contribution in [3.05, 3.63) is 89.0 Å². The Bertz CT molecular complexity index is 1240. The highest BCUT2D eigenvalue weighted by atomic mass is 16.5. The second-order valence-corrected chi connectivity index (χ2v) is 8.08. The van der Waals surface area contributed by atoms with Gasteiger partial charge >= 0.3 is 0 Å². The Labute approximate surface area is 190 Å². The normalized spacial score (nSPS) is 10.9. The van der Waals surface area contributed by atoms with Gasteiger partial charge in [-0.05, 0) is 55.7 Å². The smallest absolute Gasteiger partial charge is 0.119 e. The zero-order valence-electron chi connectivity index (χ0n) is 19.5. The molecule has 1 aromatic heterocycles. The molecule has 4 nitrogen and oxygen atoms in total. The van der Waals surface area contributed by atoms with Crippen molar-refractivity contribution in [2.75, 3.05) is 14.2 Å². The lowest BCUT2D eigenvalue weighted by molar-refractivity contribution is 0.415. The highest BCUT2D eigenvalue weighted by Crippen LogP contribution is 2.36. The first kappa shape index (κ1) is 21.7. The average molecular weight is 427 g/mol. The van der Waals surface area contributed by atoms with Crippen molar-refractivity contribution in [2.45, 2.75) is 33.7 Å². The second kappa shape index (κ2) is 9.31. The molecule has 0 aliphatic heterocycles. The molecular formula is C28H30N2O2. The first-order chi connectivity index (χ1) is 15.5. The van der Waals surface area contributed by atoms with E-state index in [2.05, 4.69) is 67.9 Å². The van der Waals surface area contributed by atoms with Crippen molar-refractivity contribution in [3.8, 4) is 34.0 Å². The summed E-state index contributed by atoms with van der Waals surface area (Å²) in [4.78, 5) is 0. The molecule has 4 aromatic rings. The van der Waals surface area contributed by atoms with Crippen LogP contribution in [0.3, 0.4) is 0 Å². The average Bonchev–Trinajstić information content (AvgIpc) is 3.19. The van der Waals surface area contributed by atoms with E-state index in [0.29, 0.717) is 6.54 Å². The van der Waals surface area contributed by atoms with E-state index >= 15 is 0 Å². The van der Waals surface area contributed by atoms with Crippen molar-refractivity contribution < 1.29 is 9.47 Å². The zero-order valence-corrected chi connectivity index (χ0v) is 19.5. The van der Waals surface area contributed by atoms with Gasteiger partial charge in [-0.2, -0.15) is 5.10 Å². The SMILES string of the molecule is CCc1c(-c2cccc(OC)c2)nn(Cc2cc(C)ccc2C)c1-c1cccc(OC)c1. The monoisotopic (exact) mass is 426 g/mol. The van der Waals surface area contributed by atoms with Crippen molar-refractivity contribution in [2.24, 2.45) is 0 Å². The summed E-state index contributed by atoms with van der Waals surface area (Å²) in [6, 6.07) is 23.0. The lowest BCUT2D eigenvalue weighted by atomic mass is 9.99. The van der Waals surface area contributed by atoms with Crippen LogP contribution in [0.1, 0.15) is 29.2 Å². The number of aryl methyl sites for hydroxylation is 2. The molecule has 0 spiro atoms. The van der Waals surface area contributed by atoms with Crippen molar-refractivity contribution in [1.82, 2.24) is 9.78 Å². The molecule has 0 saturated heterocycles. The number of aromatic nitrogens is 2. The molecule has 0 aliphatic rings. The standard InChI is InChI=1S/C28H30N2O2/c1-6-26-27(21-9-7-11-24(16-21)31-4)29-30(18-23-15-19(2)13-14-20(23)3)28(26)22-10-8-12-25(17-22)32-5/h7-17H,6,18H2,1-5H3. The fourth-order valence-corrected chi connectivity index (χ4v) is 4.18. The number of hydrogen-bond acceptors (Lipinski definition) is 3. The van der Waals surface area contributed by atoms with Crippen LogP contribution in [-0.2, 0) is 13.0 Å². The summed E-state index contributed by atoms with van der Waals surface area (Å²) >= 11 is 0. The van der Waals surface area contributed by atoms with Gasteiger partial charge in [0.25, 0.3) is 0 Å². The zero-order chi connectivity index (χ0) is 22.7. The van der Waals surface area contributed by atoms with Crippen molar-refractivity contribution in [1.29, 1.82) is 0 Å². The quantitative estimate of drug-likeness (QED) is 0.340. The number of hydrogen-bond donors (Lipinski definition) is 0. The maximum atomic E-state index is 5.52. The van der Waals surface area contributed by atoms with E-state index in [-0.39, 0.29) is 0 Å². The summed E-state index contributed by atoms with van der Waals surface area (Å²) in [6.07, 6.45) is 0.867. The molecule has 0 fully saturated rings. The topological polar surface area (TPSA) is 36.3 Å². The fraction of sp³-hybridized carbons (Fsp3) is 0.250. The second-order valence-electron chi connectivity index (χ2n) is 8.08. The van der Waals surface area contributed by atoms with Crippen molar-refractivity contribution >= 4 is 0 Å². The van der Waals surface area contributed by atoms with Crippen LogP contribution in [0.2, 0.25) is 0 Å². The molecule has 164 valence electrons. The molecule has 0 atom stereocenters. The molecule has 0 N–H and O–H groups in total.